The molecule has 0 aliphatic carbocycles. The largest absolute Gasteiger partial charge is 0.494 e. The lowest BCUT2D eigenvalue weighted by molar-refractivity contribution is -0.143. The number of hydrogen-bond acceptors (Lipinski definition) is 3. The predicted octanol–water partition coefficient (Wildman–Crippen LogP) is 4.28. The van der Waals surface area contributed by atoms with Crippen LogP contribution in [-0.2, 0) is 4.79 Å². The smallest absolute Gasteiger partial charge is 0.306 e. The summed E-state index contributed by atoms with van der Waals surface area (Å²) in [6.45, 7) is 6.34. The number of hydrogen-bond donors (Lipinski definition) is 1. The van der Waals surface area contributed by atoms with Crippen molar-refractivity contribution in [2.24, 2.45) is 5.92 Å². The summed E-state index contributed by atoms with van der Waals surface area (Å²) in [5, 5.41) is 9.30. The molecule has 1 unspecified atom stereocenters. The maximum absolute atomic E-state index is 11.3. The van der Waals surface area contributed by atoms with Crippen molar-refractivity contribution >= 4 is 5.97 Å². The molecule has 26 heavy (non-hydrogen) atoms. The number of aliphatic carboxylic acids is 1. The molecule has 2 aromatic carbocycles. The molecule has 1 aliphatic rings. The van der Waals surface area contributed by atoms with E-state index in [2.05, 4.69) is 48.2 Å². The first kappa shape index (κ1) is 18.5. The monoisotopic (exact) mass is 353 g/mol. The Kier molecular flexibility index (Phi) is 5.94. The van der Waals surface area contributed by atoms with E-state index in [1.165, 1.54) is 16.7 Å². The van der Waals surface area contributed by atoms with E-state index in [9.17, 15) is 9.90 Å². The minimum atomic E-state index is -0.671. The van der Waals surface area contributed by atoms with Gasteiger partial charge in [-0.1, -0.05) is 36.4 Å². The number of carboxylic acid groups (broad SMARTS) is 1. The van der Waals surface area contributed by atoms with Crippen molar-refractivity contribution in [1.29, 1.82) is 0 Å². The van der Waals surface area contributed by atoms with Crippen molar-refractivity contribution in [3.63, 3.8) is 0 Å². The fraction of sp³-hybridized carbons (Fsp3) is 0.409. The molecule has 1 aliphatic heterocycles. The first-order valence-corrected chi connectivity index (χ1v) is 9.35. The molecule has 0 saturated carbocycles. The second kappa shape index (κ2) is 8.37. The number of likely N-dealkylation sites (tertiary alicyclic amines) is 1. The fourth-order valence-corrected chi connectivity index (χ4v) is 3.83. The van der Waals surface area contributed by atoms with Gasteiger partial charge in [-0.05, 0) is 68.6 Å². The molecule has 2 aromatic rings. The highest BCUT2D eigenvalue weighted by Gasteiger charge is 2.30. The van der Waals surface area contributed by atoms with E-state index in [-0.39, 0.29) is 12.0 Å². The molecule has 1 saturated heterocycles. The van der Waals surface area contributed by atoms with Crippen LogP contribution in [0.1, 0.15) is 42.5 Å². The number of ether oxygens (including phenoxy) is 1. The lowest BCUT2D eigenvalue weighted by Gasteiger charge is -2.37. The minimum Gasteiger partial charge on any atom is -0.494 e. The lowest BCUT2D eigenvalue weighted by atomic mass is 9.89. The lowest BCUT2D eigenvalue weighted by Crippen LogP contribution is -2.39. The van der Waals surface area contributed by atoms with Crippen molar-refractivity contribution in [1.82, 2.24) is 4.90 Å². The van der Waals surface area contributed by atoms with Gasteiger partial charge < -0.3 is 9.84 Å². The van der Waals surface area contributed by atoms with Gasteiger partial charge in [0, 0.05) is 0 Å². The summed E-state index contributed by atoms with van der Waals surface area (Å²) in [7, 11) is 0. The average Bonchev–Trinajstić information content (AvgIpc) is 2.65. The van der Waals surface area contributed by atoms with E-state index in [4.69, 9.17) is 4.74 Å². The van der Waals surface area contributed by atoms with E-state index < -0.39 is 5.97 Å². The number of nitrogens with zero attached hydrogens (tertiary/aromatic N) is 1. The zero-order valence-electron chi connectivity index (χ0n) is 15.5. The van der Waals surface area contributed by atoms with Crippen LogP contribution in [0.2, 0.25) is 0 Å². The van der Waals surface area contributed by atoms with Crippen molar-refractivity contribution in [3.8, 4) is 5.75 Å². The first-order valence-electron chi connectivity index (χ1n) is 9.35. The van der Waals surface area contributed by atoms with Gasteiger partial charge in [-0.25, -0.2) is 0 Å². The normalized spacial score (nSPS) is 17.0. The van der Waals surface area contributed by atoms with Gasteiger partial charge in [-0.3, -0.25) is 9.69 Å². The molecule has 0 aromatic heterocycles. The molecular formula is C22H27NO3. The van der Waals surface area contributed by atoms with E-state index in [1.807, 2.05) is 19.1 Å². The maximum atomic E-state index is 11.3. The van der Waals surface area contributed by atoms with Crippen molar-refractivity contribution in [3.05, 3.63) is 65.2 Å². The molecular weight excluding hydrogens is 326 g/mol. The number of carboxylic acids is 1. The number of aryl methyl sites for hydroxylation is 1. The van der Waals surface area contributed by atoms with Crippen molar-refractivity contribution in [2.45, 2.75) is 32.7 Å². The second-order valence-corrected chi connectivity index (χ2v) is 6.91. The van der Waals surface area contributed by atoms with Crippen molar-refractivity contribution in [2.75, 3.05) is 19.7 Å². The average molecular weight is 353 g/mol. The van der Waals surface area contributed by atoms with Crippen LogP contribution in [0.3, 0.4) is 0 Å². The summed E-state index contributed by atoms with van der Waals surface area (Å²) in [6.07, 6.45) is 1.39. The molecule has 0 bridgehead atoms. The van der Waals surface area contributed by atoms with E-state index in [0.717, 1.165) is 18.8 Å². The Morgan fingerprint density at radius 3 is 2.58 bits per heavy atom. The summed E-state index contributed by atoms with van der Waals surface area (Å²) in [6, 6.07) is 16.8. The van der Waals surface area contributed by atoms with Gasteiger partial charge >= 0.3 is 5.97 Å². The Balaban J connectivity index is 1.94. The Bertz CT molecular complexity index is 751. The summed E-state index contributed by atoms with van der Waals surface area (Å²) in [5.74, 6) is -0.0158. The van der Waals surface area contributed by atoms with Crippen LogP contribution in [-0.4, -0.2) is 35.7 Å². The summed E-state index contributed by atoms with van der Waals surface area (Å²) in [5.41, 5.74) is 3.72. The molecule has 0 spiro atoms. The zero-order valence-corrected chi connectivity index (χ0v) is 15.5. The third kappa shape index (κ3) is 4.07. The van der Waals surface area contributed by atoms with E-state index in [0.29, 0.717) is 19.4 Å². The third-order valence-corrected chi connectivity index (χ3v) is 5.21. The summed E-state index contributed by atoms with van der Waals surface area (Å²) >= 11 is 0. The molecule has 4 nitrogen and oxygen atoms in total. The quantitative estimate of drug-likeness (QED) is 0.842. The van der Waals surface area contributed by atoms with Crippen LogP contribution in [0.15, 0.2) is 48.5 Å². The van der Waals surface area contributed by atoms with Crippen LogP contribution in [0.5, 0.6) is 5.75 Å². The molecule has 1 N–H and O–H groups in total. The number of piperidine rings is 1. The highest BCUT2D eigenvalue weighted by atomic mass is 16.5. The number of benzene rings is 2. The topological polar surface area (TPSA) is 49.8 Å². The number of rotatable bonds is 6. The molecule has 1 heterocycles. The highest BCUT2D eigenvalue weighted by Crippen LogP contribution is 2.35. The molecule has 1 fully saturated rings. The molecule has 1 atom stereocenters. The van der Waals surface area contributed by atoms with Gasteiger partial charge in [0.1, 0.15) is 5.75 Å². The Morgan fingerprint density at radius 2 is 1.92 bits per heavy atom. The van der Waals surface area contributed by atoms with Gasteiger partial charge in [0.05, 0.1) is 18.6 Å². The van der Waals surface area contributed by atoms with Gasteiger partial charge in [-0.15, -0.1) is 0 Å². The molecule has 3 rings (SSSR count). The van der Waals surface area contributed by atoms with E-state index >= 15 is 0 Å². The van der Waals surface area contributed by atoms with Crippen LogP contribution in [0.25, 0.3) is 0 Å². The fourth-order valence-electron chi connectivity index (χ4n) is 3.83. The maximum Gasteiger partial charge on any atom is 0.306 e. The Hall–Kier alpha value is -2.33. The van der Waals surface area contributed by atoms with Gasteiger partial charge in [0.2, 0.25) is 0 Å². The first-order chi connectivity index (χ1) is 12.6. The van der Waals surface area contributed by atoms with Crippen LogP contribution in [0, 0.1) is 12.8 Å². The predicted molar refractivity (Wildman–Crippen MR) is 103 cm³/mol. The van der Waals surface area contributed by atoms with Crippen LogP contribution in [0.4, 0.5) is 0 Å². The van der Waals surface area contributed by atoms with Gasteiger partial charge in [0.25, 0.3) is 0 Å². The summed E-state index contributed by atoms with van der Waals surface area (Å²) < 4.78 is 5.70. The Morgan fingerprint density at radius 1 is 1.19 bits per heavy atom. The molecule has 138 valence electrons. The third-order valence-electron chi connectivity index (χ3n) is 5.21. The second-order valence-electron chi connectivity index (χ2n) is 6.91. The standard InChI is InChI=1S/C22H27NO3/c1-3-26-19-9-6-8-18(15-19)21(20-10-5-4-7-16(20)2)23-13-11-17(12-14-23)22(24)25/h4-10,15,17,21H,3,11-14H2,1-2H3,(H,24,25). The van der Waals surface area contributed by atoms with Crippen LogP contribution >= 0.6 is 0 Å². The SMILES string of the molecule is CCOc1cccc(C(c2ccccc2C)N2CCC(C(=O)O)CC2)c1. The van der Waals surface area contributed by atoms with E-state index in [1.54, 1.807) is 0 Å². The minimum absolute atomic E-state index is 0.117. The molecule has 4 heteroatoms. The number of carbonyl (C=O) groups is 1. The Labute approximate surface area is 155 Å². The highest BCUT2D eigenvalue weighted by molar-refractivity contribution is 5.70. The van der Waals surface area contributed by atoms with Crippen LogP contribution < -0.4 is 4.74 Å². The summed E-state index contributed by atoms with van der Waals surface area (Å²) in [4.78, 5) is 13.7. The van der Waals surface area contributed by atoms with Gasteiger partial charge in [0.15, 0.2) is 0 Å². The molecule has 0 amide bonds. The molecule has 0 radical (unpaired) electrons. The van der Waals surface area contributed by atoms with Crippen molar-refractivity contribution < 1.29 is 14.6 Å². The van der Waals surface area contributed by atoms with Gasteiger partial charge in [-0.2, -0.15) is 0 Å². The zero-order chi connectivity index (χ0) is 18.5.